The Kier molecular flexibility index (Phi) is 6.55. The molecule has 0 N–H and O–H groups in total. The van der Waals surface area contributed by atoms with Crippen LogP contribution in [0.4, 0.5) is 0 Å². The van der Waals surface area contributed by atoms with Crippen LogP contribution in [0.15, 0.2) is 186 Å². The molecule has 0 spiro atoms. The maximum absolute atomic E-state index is 6.49. The Labute approximate surface area is 305 Å². The molecule has 3 nitrogen and oxygen atoms in total. The number of benzene rings is 9. The minimum atomic E-state index is 0.586. The molecule has 2 aromatic heterocycles. The average Bonchev–Trinajstić information content (AvgIpc) is 3.60. The standard InChI is InChI=1S/C50H30N2O/c1-2-12-31(13-3-1)48-47-45-29-35-14-4-5-15-36(35)30-46(45)53-50(47)52-49(51-48)38-19-11-18-34(27-38)32-16-10-17-33(26-32)37-24-25-43-41-22-7-6-20-39(41)40-21-8-9-23-42(40)44(43)28-37/h1-30H. The number of furan rings is 1. The van der Waals surface area contributed by atoms with Crippen LogP contribution < -0.4 is 0 Å². The van der Waals surface area contributed by atoms with Gasteiger partial charge >= 0.3 is 0 Å². The van der Waals surface area contributed by atoms with Gasteiger partial charge in [-0.05, 0) is 95.7 Å². The van der Waals surface area contributed by atoms with Crippen molar-refractivity contribution in [3.8, 4) is 44.9 Å². The Bertz CT molecular complexity index is 3200. The van der Waals surface area contributed by atoms with Crippen molar-refractivity contribution >= 4 is 65.2 Å². The van der Waals surface area contributed by atoms with Crippen molar-refractivity contribution in [1.82, 2.24) is 9.97 Å². The molecule has 2 heterocycles. The zero-order valence-electron chi connectivity index (χ0n) is 28.6. The van der Waals surface area contributed by atoms with Crippen LogP contribution in [0.2, 0.25) is 0 Å². The molecule has 0 unspecified atom stereocenters. The largest absolute Gasteiger partial charge is 0.438 e. The van der Waals surface area contributed by atoms with E-state index in [1.54, 1.807) is 0 Å². The molecule has 11 rings (SSSR count). The summed E-state index contributed by atoms with van der Waals surface area (Å²) in [6.45, 7) is 0. The third kappa shape index (κ3) is 4.82. The molecule has 0 saturated heterocycles. The van der Waals surface area contributed by atoms with E-state index in [4.69, 9.17) is 14.4 Å². The molecule has 0 aliphatic rings. The summed E-state index contributed by atoms with van der Waals surface area (Å²) in [5.74, 6) is 0.631. The van der Waals surface area contributed by atoms with E-state index in [1.165, 1.54) is 43.4 Å². The molecule has 0 amide bonds. The first-order valence-electron chi connectivity index (χ1n) is 18.0. The van der Waals surface area contributed by atoms with Gasteiger partial charge in [0.2, 0.25) is 5.71 Å². The molecule has 53 heavy (non-hydrogen) atoms. The molecule has 0 fully saturated rings. The Morgan fingerprint density at radius 2 is 0.830 bits per heavy atom. The number of hydrogen-bond acceptors (Lipinski definition) is 3. The lowest BCUT2D eigenvalue weighted by Gasteiger charge is -2.13. The fraction of sp³-hybridized carbons (Fsp3) is 0. The van der Waals surface area contributed by atoms with Gasteiger partial charge in [0.25, 0.3) is 0 Å². The maximum Gasteiger partial charge on any atom is 0.231 e. The second-order valence-electron chi connectivity index (χ2n) is 13.8. The van der Waals surface area contributed by atoms with Crippen LogP contribution in [0.1, 0.15) is 0 Å². The minimum Gasteiger partial charge on any atom is -0.438 e. The molecule has 0 aliphatic carbocycles. The first-order chi connectivity index (χ1) is 26.2. The number of aromatic nitrogens is 2. The summed E-state index contributed by atoms with van der Waals surface area (Å²) in [6, 6.07) is 64.7. The van der Waals surface area contributed by atoms with Crippen LogP contribution in [0.3, 0.4) is 0 Å². The van der Waals surface area contributed by atoms with E-state index in [-0.39, 0.29) is 0 Å². The highest BCUT2D eigenvalue weighted by Crippen LogP contribution is 2.40. The van der Waals surface area contributed by atoms with Gasteiger partial charge in [-0.2, -0.15) is 4.98 Å². The van der Waals surface area contributed by atoms with Gasteiger partial charge < -0.3 is 4.42 Å². The van der Waals surface area contributed by atoms with Crippen molar-refractivity contribution in [3.05, 3.63) is 182 Å². The van der Waals surface area contributed by atoms with E-state index >= 15 is 0 Å². The maximum atomic E-state index is 6.49. The smallest absolute Gasteiger partial charge is 0.231 e. The summed E-state index contributed by atoms with van der Waals surface area (Å²) in [5.41, 5.74) is 8.81. The molecule has 246 valence electrons. The van der Waals surface area contributed by atoms with E-state index in [1.807, 2.05) is 6.07 Å². The van der Waals surface area contributed by atoms with Crippen molar-refractivity contribution in [1.29, 1.82) is 0 Å². The molecule has 0 atom stereocenters. The van der Waals surface area contributed by atoms with E-state index in [9.17, 15) is 0 Å². The summed E-state index contributed by atoms with van der Waals surface area (Å²) >= 11 is 0. The van der Waals surface area contributed by atoms with Crippen LogP contribution >= 0.6 is 0 Å². The van der Waals surface area contributed by atoms with E-state index in [0.29, 0.717) is 11.5 Å². The Morgan fingerprint density at radius 3 is 1.51 bits per heavy atom. The fourth-order valence-corrected chi connectivity index (χ4v) is 8.10. The SMILES string of the molecule is c1ccc(-c2nc(-c3cccc(-c4cccc(-c5ccc6c7ccccc7c7ccccc7c6c5)c4)c3)nc3oc4cc5ccccc5cc4c23)cc1. The number of nitrogens with zero attached hydrogens (tertiary/aromatic N) is 2. The predicted octanol–water partition coefficient (Wildman–Crippen LogP) is 13.7. The van der Waals surface area contributed by atoms with Gasteiger partial charge in [0.05, 0.1) is 11.1 Å². The lowest BCUT2D eigenvalue weighted by molar-refractivity contribution is 0.654. The third-order valence-electron chi connectivity index (χ3n) is 10.6. The minimum absolute atomic E-state index is 0.586. The fourth-order valence-electron chi connectivity index (χ4n) is 8.10. The predicted molar refractivity (Wildman–Crippen MR) is 221 cm³/mol. The van der Waals surface area contributed by atoms with Crippen molar-refractivity contribution in [3.63, 3.8) is 0 Å². The molecule has 0 saturated carbocycles. The first-order valence-corrected chi connectivity index (χ1v) is 18.0. The molecule has 0 bridgehead atoms. The van der Waals surface area contributed by atoms with Crippen LogP contribution in [0, 0.1) is 0 Å². The highest BCUT2D eigenvalue weighted by Gasteiger charge is 2.19. The zero-order valence-corrected chi connectivity index (χ0v) is 28.6. The van der Waals surface area contributed by atoms with Gasteiger partial charge in [0, 0.05) is 16.5 Å². The molecular weight excluding hydrogens is 645 g/mol. The van der Waals surface area contributed by atoms with Gasteiger partial charge in [-0.15, -0.1) is 0 Å². The Balaban J connectivity index is 1.04. The van der Waals surface area contributed by atoms with Gasteiger partial charge in [-0.25, -0.2) is 4.98 Å². The molecule has 0 aliphatic heterocycles. The molecule has 0 radical (unpaired) electrons. The molecule has 3 heteroatoms. The van der Waals surface area contributed by atoms with Crippen molar-refractivity contribution in [2.24, 2.45) is 0 Å². The van der Waals surface area contributed by atoms with Gasteiger partial charge in [-0.3, -0.25) is 0 Å². The third-order valence-corrected chi connectivity index (χ3v) is 10.6. The second-order valence-corrected chi connectivity index (χ2v) is 13.8. The Morgan fingerprint density at radius 1 is 0.321 bits per heavy atom. The summed E-state index contributed by atoms with van der Waals surface area (Å²) in [6.07, 6.45) is 0. The lowest BCUT2D eigenvalue weighted by atomic mass is 9.91. The first kappa shape index (κ1) is 29.6. The molecule has 9 aromatic carbocycles. The highest BCUT2D eigenvalue weighted by molar-refractivity contribution is 6.25. The van der Waals surface area contributed by atoms with Crippen LogP contribution in [-0.2, 0) is 0 Å². The van der Waals surface area contributed by atoms with Gasteiger partial charge in [0.15, 0.2) is 5.82 Å². The number of hydrogen-bond donors (Lipinski definition) is 0. The molecular formula is C50H30N2O. The quantitative estimate of drug-likeness (QED) is 0.174. The van der Waals surface area contributed by atoms with E-state index in [0.717, 1.165) is 55.1 Å². The summed E-state index contributed by atoms with van der Waals surface area (Å²) in [7, 11) is 0. The average molecular weight is 675 g/mol. The van der Waals surface area contributed by atoms with Crippen LogP contribution in [0.25, 0.3) is 110 Å². The summed E-state index contributed by atoms with van der Waals surface area (Å²) in [5, 5.41) is 11.9. The zero-order chi connectivity index (χ0) is 34.9. The summed E-state index contributed by atoms with van der Waals surface area (Å²) in [4.78, 5) is 10.3. The van der Waals surface area contributed by atoms with Crippen molar-refractivity contribution in [2.75, 3.05) is 0 Å². The van der Waals surface area contributed by atoms with E-state index < -0.39 is 0 Å². The summed E-state index contributed by atoms with van der Waals surface area (Å²) < 4.78 is 6.49. The van der Waals surface area contributed by atoms with Crippen molar-refractivity contribution < 1.29 is 4.42 Å². The molecule has 11 aromatic rings. The lowest BCUT2D eigenvalue weighted by Crippen LogP contribution is -1.94. The van der Waals surface area contributed by atoms with Crippen molar-refractivity contribution in [2.45, 2.75) is 0 Å². The topological polar surface area (TPSA) is 38.9 Å². The van der Waals surface area contributed by atoms with Crippen LogP contribution in [-0.4, -0.2) is 9.97 Å². The highest BCUT2D eigenvalue weighted by atomic mass is 16.3. The monoisotopic (exact) mass is 674 g/mol. The Hall–Kier alpha value is -7.10. The normalized spacial score (nSPS) is 11.8. The van der Waals surface area contributed by atoms with Gasteiger partial charge in [-0.1, -0.05) is 152 Å². The van der Waals surface area contributed by atoms with Gasteiger partial charge in [0.1, 0.15) is 5.58 Å². The second kappa shape index (κ2) is 11.7. The van der Waals surface area contributed by atoms with Crippen LogP contribution in [0.5, 0.6) is 0 Å². The van der Waals surface area contributed by atoms with E-state index in [2.05, 4.69) is 176 Å². The number of rotatable bonds is 4. The number of fused-ring (bicyclic) bond motifs is 10.